The fraction of sp³-hybridized carbons (Fsp3) is 0.640. The summed E-state index contributed by atoms with van der Waals surface area (Å²) in [6, 6.07) is 6.99. The maximum atomic E-state index is 12.6. The van der Waals surface area contributed by atoms with Gasteiger partial charge < -0.3 is 15.0 Å². The van der Waals surface area contributed by atoms with Gasteiger partial charge in [-0.15, -0.1) is 0 Å². The molecule has 1 aromatic rings. The molecular formula is C25H32N2O4. The Morgan fingerprint density at radius 2 is 1.84 bits per heavy atom. The second-order valence-corrected chi connectivity index (χ2v) is 10.3. The van der Waals surface area contributed by atoms with Crippen molar-refractivity contribution in [1.29, 1.82) is 0 Å². The summed E-state index contributed by atoms with van der Waals surface area (Å²) in [5, 5.41) is 3.14. The minimum Gasteiger partial charge on any atom is -0.452 e. The van der Waals surface area contributed by atoms with Gasteiger partial charge in [-0.3, -0.25) is 9.59 Å². The predicted octanol–water partition coefficient (Wildman–Crippen LogP) is 3.69. The number of amides is 2. The lowest BCUT2D eigenvalue weighted by Gasteiger charge is -2.59. The summed E-state index contributed by atoms with van der Waals surface area (Å²) in [7, 11) is 0. The van der Waals surface area contributed by atoms with E-state index >= 15 is 0 Å². The minimum atomic E-state index is -0.536. The van der Waals surface area contributed by atoms with Gasteiger partial charge in [-0.2, -0.15) is 0 Å². The summed E-state index contributed by atoms with van der Waals surface area (Å²) in [6.45, 7) is 2.52. The fourth-order valence-electron chi connectivity index (χ4n) is 7.08. The van der Waals surface area contributed by atoms with E-state index in [0.717, 1.165) is 24.2 Å². The number of benzene rings is 1. The van der Waals surface area contributed by atoms with Gasteiger partial charge >= 0.3 is 5.97 Å². The van der Waals surface area contributed by atoms with Crippen LogP contribution in [-0.4, -0.2) is 37.0 Å². The normalized spacial score (nSPS) is 32.2. The molecule has 0 spiro atoms. The summed E-state index contributed by atoms with van der Waals surface area (Å²) >= 11 is 0. The van der Waals surface area contributed by atoms with Crippen molar-refractivity contribution in [1.82, 2.24) is 5.32 Å². The van der Waals surface area contributed by atoms with Crippen molar-refractivity contribution in [2.45, 2.75) is 64.3 Å². The van der Waals surface area contributed by atoms with Crippen LogP contribution in [0.2, 0.25) is 0 Å². The van der Waals surface area contributed by atoms with Crippen molar-refractivity contribution >= 4 is 23.5 Å². The standard InChI is InChI=1S/C25H32N2O4/c1-16(25-12-17-8-18(13-25)10-19(9-17)14-25)26-22(28)15-31-24(30)20-4-2-5-21(11-20)27-7-3-6-23(27)29/h2,4-5,11,16-19H,3,6-10,12-15H2,1H3,(H,26,28)/t16-,17?,18?,19?,25?/m0/s1. The van der Waals surface area contributed by atoms with Crippen LogP contribution in [0, 0.1) is 23.2 Å². The first-order chi connectivity index (χ1) is 14.9. The van der Waals surface area contributed by atoms with Gasteiger partial charge in [0.25, 0.3) is 5.91 Å². The molecule has 4 saturated carbocycles. The molecular weight excluding hydrogens is 392 g/mol. The van der Waals surface area contributed by atoms with E-state index in [1.165, 1.54) is 38.5 Å². The van der Waals surface area contributed by atoms with Crippen molar-refractivity contribution in [3.8, 4) is 0 Å². The van der Waals surface area contributed by atoms with E-state index in [1.807, 2.05) is 6.07 Å². The van der Waals surface area contributed by atoms with Gasteiger partial charge in [0.15, 0.2) is 6.61 Å². The molecule has 1 aliphatic heterocycles. The van der Waals surface area contributed by atoms with Gasteiger partial charge in [0.05, 0.1) is 5.56 Å². The highest BCUT2D eigenvalue weighted by Gasteiger charge is 2.53. The van der Waals surface area contributed by atoms with Crippen LogP contribution >= 0.6 is 0 Å². The first kappa shape index (κ1) is 20.5. The lowest BCUT2D eigenvalue weighted by atomic mass is 9.48. The van der Waals surface area contributed by atoms with Crippen molar-refractivity contribution in [3.05, 3.63) is 29.8 Å². The monoisotopic (exact) mass is 424 g/mol. The molecule has 31 heavy (non-hydrogen) atoms. The number of carbonyl (C=O) groups is 3. The van der Waals surface area contributed by atoms with Crippen LogP contribution in [0.1, 0.15) is 68.6 Å². The second kappa shape index (κ2) is 7.95. The summed E-state index contributed by atoms with van der Waals surface area (Å²) in [4.78, 5) is 38.7. The van der Waals surface area contributed by atoms with Crippen LogP contribution in [0.15, 0.2) is 24.3 Å². The molecule has 6 heteroatoms. The summed E-state index contributed by atoms with van der Waals surface area (Å²) in [5.41, 5.74) is 1.29. The Labute approximate surface area is 183 Å². The number of anilines is 1. The zero-order valence-electron chi connectivity index (χ0n) is 18.3. The highest BCUT2D eigenvalue weighted by molar-refractivity contribution is 5.97. The van der Waals surface area contributed by atoms with Crippen LogP contribution in [0.25, 0.3) is 0 Å². The third-order valence-corrected chi connectivity index (χ3v) is 8.18. The molecule has 0 radical (unpaired) electrons. The summed E-state index contributed by atoms with van der Waals surface area (Å²) in [5.74, 6) is 1.80. The summed E-state index contributed by atoms with van der Waals surface area (Å²) < 4.78 is 5.30. The van der Waals surface area contributed by atoms with Gasteiger partial charge in [0.1, 0.15) is 0 Å². The fourth-order valence-corrected chi connectivity index (χ4v) is 7.08. The Hall–Kier alpha value is -2.37. The Morgan fingerprint density at radius 3 is 2.45 bits per heavy atom. The smallest absolute Gasteiger partial charge is 0.338 e. The number of esters is 1. The molecule has 166 valence electrons. The van der Waals surface area contributed by atoms with Crippen LogP contribution in [0.4, 0.5) is 5.69 Å². The first-order valence-electron chi connectivity index (χ1n) is 11.8. The van der Waals surface area contributed by atoms with Gasteiger partial charge in [-0.1, -0.05) is 6.07 Å². The Bertz CT molecular complexity index is 860. The van der Waals surface area contributed by atoms with Crippen LogP contribution in [0.3, 0.4) is 0 Å². The van der Waals surface area contributed by atoms with Crippen molar-refractivity contribution in [3.63, 3.8) is 0 Å². The van der Waals surface area contributed by atoms with Crippen LogP contribution in [0.5, 0.6) is 0 Å². The van der Waals surface area contributed by atoms with Crippen LogP contribution in [-0.2, 0) is 14.3 Å². The van der Waals surface area contributed by atoms with Gasteiger partial charge in [0, 0.05) is 24.7 Å². The molecule has 5 aliphatic rings. The summed E-state index contributed by atoms with van der Waals surface area (Å²) in [6.07, 6.45) is 9.16. The molecule has 2 amide bonds. The van der Waals surface area contributed by atoms with E-state index in [2.05, 4.69) is 12.2 Å². The highest BCUT2D eigenvalue weighted by Crippen LogP contribution is 2.61. The lowest BCUT2D eigenvalue weighted by molar-refractivity contribution is -0.128. The molecule has 6 nitrogen and oxygen atoms in total. The Morgan fingerprint density at radius 1 is 1.16 bits per heavy atom. The van der Waals surface area contributed by atoms with Crippen molar-refractivity contribution < 1.29 is 19.1 Å². The maximum absolute atomic E-state index is 12.6. The van der Waals surface area contributed by atoms with E-state index < -0.39 is 5.97 Å². The molecule has 4 aliphatic carbocycles. The molecule has 1 aromatic carbocycles. The molecule has 1 atom stereocenters. The molecule has 1 heterocycles. The molecule has 0 aromatic heterocycles. The molecule has 1 N–H and O–H groups in total. The number of ether oxygens (including phenoxy) is 1. The molecule has 1 saturated heterocycles. The maximum Gasteiger partial charge on any atom is 0.338 e. The zero-order chi connectivity index (χ0) is 21.6. The Balaban J connectivity index is 1.16. The molecule has 6 rings (SSSR count). The number of carbonyl (C=O) groups excluding carboxylic acids is 3. The number of nitrogens with one attached hydrogen (secondary N) is 1. The SMILES string of the molecule is C[C@H](NC(=O)COC(=O)c1cccc(N2CCCC2=O)c1)C12CC3CC(CC(C3)C1)C2. The average Bonchev–Trinajstić information content (AvgIpc) is 3.17. The minimum absolute atomic E-state index is 0.0727. The van der Waals surface area contributed by atoms with E-state index in [-0.39, 0.29) is 29.9 Å². The third kappa shape index (κ3) is 3.97. The van der Waals surface area contributed by atoms with E-state index in [1.54, 1.807) is 23.1 Å². The van der Waals surface area contributed by atoms with Crippen LogP contribution < -0.4 is 10.2 Å². The van der Waals surface area contributed by atoms with Crippen molar-refractivity contribution in [2.75, 3.05) is 18.1 Å². The number of hydrogen-bond acceptors (Lipinski definition) is 4. The second-order valence-electron chi connectivity index (χ2n) is 10.3. The number of rotatable bonds is 6. The van der Waals surface area contributed by atoms with E-state index in [0.29, 0.717) is 24.2 Å². The molecule has 0 unspecified atom stereocenters. The quantitative estimate of drug-likeness (QED) is 0.707. The van der Waals surface area contributed by atoms with Gasteiger partial charge in [-0.25, -0.2) is 4.79 Å². The van der Waals surface area contributed by atoms with Gasteiger partial charge in [0.2, 0.25) is 5.91 Å². The first-order valence-corrected chi connectivity index (χ1v) is 11.8. The average molecular weight is 425 g/mol. The van der Waals surface area contributed by atoms with E-state index in [4.69, 9.17) is 4.74 Å². The highest BCUT2D eigenvalue weighted by atomic mass is 16.5. The number of nitrogens with zero attached hydrogens (tertiary/aromatic N) is 1. The van der Waals surface area contributed by atoms with Crippen molar-refractivity contribution in [2.24, 2.45) is 23.2 Å². The topological polar surface area (TPSA) is 75.7 Å². The molecule has 4 bridgehead atoms. The van der Waals surface area contributed by atoms with Gasteiger partial charge in [-0.05, 0) is 93.2 Å². The zero-order valence-corrected chi connectivity index (χ0v) is 18.3. The number of hydrogen-bond donors (Lipinski definition) is 1. The van der Waals surface area contributed by atoms with E-state index in [9.17, 15) is 14.4 Å². The third-order valence-electron chi connectivity index (χ3n) is 8.18. The predicted molar refractivity (Wildman–Crippen MR) is 117 cm³/mol. The Kier molecular flexibility index (Phi) is 5.27. The molecule has 5 fully saturated rings. The lowest BCUT2D eigenvalue weighted by Crippen LogP contribution is -2.56. The largest absolute Gasteiger partial charge is 0.452 e.